The fourth-order valence-corrected chi connectivity index (χ4v) is 3.22. The molecule has 5 nitrogen and oxygen atoms in total. The third-order valence-electron chi connectivity index (χ3n) is 5.05. The zero-order valence-electron chi connectivity index (χ0n) is 15.3. The van der Waals surface area contributed by atoms with Gasteiger partial charge >= 0.3 is 6.18 Å². The molecule has 4 rings (SSSR count). The maximum absolute atomic E-state index is 12.7. The standard InChI is InChI=1S/C20H19F3N4O/c1-11-3-4-14(9-12(11)2)16-10-17(26-25-16)19-24-18(27-28-19)13-5-7-15(8-6-13)20(21,22)23/h3-9,16-17,25-26H,10H2,1-2H3. The van der Waals surface area contributed by atoms with Gasteiger partial charge in [0.2, 0.25) is 11.7 Å². The van der Waals surface area contributed by atoms with E-state index in [2.05, 4.69) is 53.0 Å². The molecule has 2 N–H and O–H groups in total. The largest absolute Gasteiger partial charge is 0.416 e. The second-order valence-electron chi connectivity index (χ2n) is 7.00. The van der Waals surface area contributed by atoms with Crippen LogP contribution in [0.25, 0.3) is 11.4 Å². The van der Waals surface area contributed by atoms with Crippen molar-refractivity contribution in [1.29, 1.82) is 0 Å². The molecule has 8 heteroatoms. The Kier molecular flexibility index (Phi) is 4.68. The zero-order valence-corrected chi connectivity index (χ0v) is 15.3. The Labute approximate surface area is 159 Å². The van der Waals surface area contributed by atoms with Gasteiger partial charge in [0.25, 0.3) is 0 Å². The van der Waals surface area contributed by atoms with Crippen molar-refractivity contribution in [3.8, 4) is 11.4 Å². The number of nitrogens with zero attached hydrogens (tertiary/aromatic N) is 2. The molecular formula is C20H19F3N4O. The lowest BCUT2D eigenvalue weighted by Crippen LogP contribution is -2.26. The average Bonchev–Trinajstić information content (AvgIpc) is 3.32. The van der Waals surface area contributed by atoms with Crippen molar-refractivity contribution < 1.29 is 17.7 Å². The van der Waals surface area contributed by atoms with Crippen LogP contribution in [0.3, 0.4) is 0 Å². The number of aryl methyl sites for hydroxylation is 2. The molecule has 1 fully saturated rings. The van der Waals surface area contributed by atoms with Gasteiger partial charge in [-0.3, -0.25) is 0 Å². The molecule has 1 aromatic heterocycles. The fraction of sp³-hybridized carbons (Fsp3) is 0.300. The van der Waals surface area contributed by atoms with E-state index in [9.17, 15) is 13.2 Å². The molecule has 146 valence electrons. The van der Waals surface area contributed by atoms with Gasteiger partial charge in [0, 0.05) is 11.6 Å². The first-order valence-corrected chi connectivity index (χ1v) is 8.91. The van der Waals surface area contributed by atoms with Gasteiger partial charge in [-0.15, -0.1) is 0 Å². The van der Waals surface area contributed by atoms with Crippen LogP contribution in [0.5, 0.6) is 0 Å². The number of aromatic nitrogens is 2. The van der Waals surface area contributed by atoms with Crippen molar-refractivity contribution in [2.75, 3.05) is 0 Å². The number of hydrogen-bond donors (Lipinski definition) is 2. The maximum atomic E-state index is 12.7. The lowest BCUT2D eigenvalue weighted by molar-refractivity contribution is -0.137. The number of nitrogens with one attached hydrogen (secondary N) is 2. The van der Waals surface area contributed by atoms with Crippen LogP contribution in [-0.2, 0) is 6.18 Å². The van der Waals surface area contributed by atoms with E-state index in [4.69, 9.17) is 4.52 Å². The van der Waals surface area contributed by atoms with Gasteiger partial charge in [-0.2, -0.15) is 18.2 Å². The molecule has 0 spiro atoms. The molecule has 3 aromatic rings. The highest BCUT2D eigenvalue weighted by atomic mass is 19.4. The molecule has 0 radical (unpaired) electrons. The summed E-state index contributed by atoms with van der Waals surface area (Å²) in [5.41, 5.74) is 9.79. The van der Waals surface area contributed by atoms with Crippen LogP contribution in [-0.4, -0.2) is 10.1 Å². The van der Waals surface area contributed by atoms with Crippen LogP contribution in [0.1, 0.15) is 46.6 Å². The van der Waals surface area contributed by atoms with E-state index in [0.29, 0.717) is 11.5 Å². The number of hydrazine groups is 1. The first kappa shape index (κ1) is 18.6. The Morgan fingerprint density at radius 2 is 1.68 bits per heavy atom. The van der Waals surface area contributed by atoms with Gasteiger partial charge in [-0.1, -0.05) is 35.5 Å². The zero-order chi connectivity index (χ0) is 19.9. The van der Waals surface area contributed by atoms with Gasteiger partial charge < -0.3 is 4.52 Å². The predicted molar refractivity (Wildman–Crippen MR) is 97.0 cm³/mol. The summed E-state index contributed by atoms with van der Waals surface area (Å²) in [7, 11) is 0. The average molecular weight is 388 g/mol. The Morgan fingerprint density at radius 3 is 2.36 bits per heavy atom. The summed E-state index contributed by atoms with van der Waals surface area (Å²) in [5.74, 6) is 0.661. The molecule has 2 atom stereocenters. The van der Waals surface area contributed by atoms with E-state index >= 15 is 0 Å². The molecule has 0 amide bonds. The van der Waals surface area contributed by atoms with E-state index in [0.717, 1.165) is 18.6 Å². The lowest BCUT2D eigenvalue weighted by Gasteiger charge is -2.11. The van der Waals surface area contributed by atoms with Crippen LogP contribution in [0.2, 0.25) is 0 Å². The summed E-state index contributed by atoms with van der Waals surface area (Å²) >= 11 is 0. The highest BCUT2D eigenvalue weighted by Crippen LogP contribution is 2.33. The molecule has 0 bridgehead atoms. The van der Waals surface area contributed by atoms with E-state index in [-0.39, 0.29) is 17.9 Å². The van der Waals surface area contributed by atoms with Crippen LogP contribution in [0.4, 0.5) is 13.2 Å². The van der Waals surface area contributed by atoms with Crippen molar-refractivity contribution in [3.63, 3.8) is 0 Å². The minimum Gasteiger partial charge on any atom is -0.337 e. The summed E-state index contributed by atoms with van der Waals surface area (Å²) < 4.78 is 43.4. The lowest BCUT2D eigenvalue weighted by atomic mass is 9.98. The Bertz CT molecular complexity index is 982. The topological polar surface area (TPSA) is 63.0 Å². The molecule has 28 heavy (non-hydrogen) atoms. The van der Waals surface area contributed by atoms with Crippen LogP contribution in [0.15, 0.2) is 47.0 Å². The Hall–Kier alpha value is -2.71. The van der Waals surface area contributed by atoms with E-state index in [1.54, 1.807) is 0 Å². The monoisotopic (exact) mass is 388 g/mol. The van der Waals surface area contributed by atoms with Gasteiger partial charge in [-0.05, 0) is 49.1 Å². The Morgan fingerprint density at radius 1 is 0.964 bits per heavy atom. The first-order chi connectivity index (χ1) is 13.3. The number of alkyl halides is 3. The molecule has 1 saturated heterocycles. The molecule has 2 heterocycles. The molecule has 2 aromatic carbocycles. The molecule has 0 saturated carbocycles. The quantitative estimate of drug-likeness (QED) is 0.684. The minimum absolute atomic E-state index is 0.103. The highest BCUT2D eigenvalue weighted by Gasteiger charge is 2.32. The van der Waals surface area contributed by atoms with Crippen molar-refractivity contribution >= 4 is 0 Å². The SMILES string of the molecule is Cc1ccc(C2CC(c3nc(-c4ccc(C(F)(F)F)cc4)no3)NN2)cc1C. The summed E-state index contributed by atoms with van der Waals surface area (Å²) in [6.07, 6.45) is -3.65. The number of benzene rings is 2. The van der Waals surface area contributed by atoms with Gasteiger partial charge in [0.15, 0.2) is 0 Å². The Balaban J connectivity index is 1.48. The van der Waals surface area contributed by atoms with Crippen molar-refractivity contribution in [1.82, 2.24) is 21.0 Å². The second kappa shape index (κ2) is 7.03. The summed E-state index contributed by atoms with van der Waals surface area (Å²) in [4.78, 5) is 4.35. The third kappa shape index (κ3) is 3.65. The van der Waals surface area contributed by atoms with E-state index in [1.807, 2.05) is 0 Å². The summed E-state index contributed by atoms with van der Waals surface area (Å²) in [6.45, 7) is 4.15. The van der Waals surface area contributed by atoms with Crippen molar-refractivity contribution in [2.45, 2.75) is 38.5 Å². The van der Waals surface area contributed by atoms with Crippen LogP contribution >= 0.6 is 0 Å². The number of halogens is 3. The molecule has 0 aliphatic carbocycles. The van der Waals surface area contributed by atoms with Gasteiger partial charge in [-0.25, -0.2) is 10.9 Å². The predicted octanol–water partition coefficient (Wildman–Crippen LogP) is 4.65. The number of rotatable bonds is 3. The van der Waals surface area contributed by atoms with Crippen molar-refractivity contribution in [3.05, 3.63) is 70.6 Å². The fourth-order valence-electron chi connectivity index (χ4n) is 3.22. The summed E-state index contributed by atoms with van der Waals surface area (Å²) in [6, 6.07) is 11.0. The smallest absolute Gasteiger partial charge is 0.337 e. The molecule has 1 aliphatic heterocycles. The van der Waals surface area contributed by atoms with Crippen LogP contribution in [0, 0.1) is 13.8 Å². The molecular weight excluding hydrogens is 369 g/mol. The first-order valence-electron chi connectivity index (χ1n) is 8.91. The minimum atomic E-state index is -4.37. The third-order valence-corrected chi connectivity index (χ3v) is 5.05. The number of hydrogen-bond acceptors (Lipinski definition) is 5. The van der Waals surface area contributed by atoms with Gasteiger partial charge in [0.1, 0.15) is 6.04 Å². The van der Waals surface area contributed by atoms with Crippen LogP contribution < -0.4 is 10.9 Å². The molecule has 1 aliphatic rings. The maximum Gasteiger partial charge on any atom is 0.416 e. The second-order valence-corrected chi connectivity index (χ2v) is 7.00. The summed E-state index contributed by atoms with van der Waals surface area (Å²) in [5, 5.41) is 3.91. The normalized spacial score (nSPS) is 19.9. The van der Waals surface area contributed by atoms with E-state index in [1.165, 1.54) is 28.8 Å². The molecule has 2 unspecified atom stereocenters. The highest BCUT2D eigenvalue weighted by molar-refractivity contribution is 5.55. The van der Waals surface area contributed by atoms with Crippen molar-refractivity contribution in [2.24, 2.45) is 0 Å². The van der Waals surface area contributed by atoms with E-state index < -0.39 is 11.7 Å². The van der Waals surface area contributed by atoms with Gasteiger partial charge in [0.05, 0.1) is 5.56 Å².